The molecular weight excluding hydrogens is 422 g/mol. The predicted molar refractivity (Wildman–Crippen MR) is 122 cm³/mol. The third-order valence-electron chi connectivity index (χ3n) is 5.22. The highest BCUT2D eigenvalue weighted by Gasteiger charge is 2.22. The van der Waals surface area contributed by atoms with Crippen molar-refractivity contribution in [3.05, 3.63) is 75.8 Å². The van der Waals surface area contributed by atoms with Crippen LogP contribution in [0.1, 0.15) is 0 Å². The lowest BCUT2D eigenvalue weighted by atomic mass is 10.1. The van der Waals surface area contributed by atoms with Gasteiger partial charge in [-0.25, -0.2) is 0 Å². The molecule has 0 atom stereocenters. The van der Waals surface area contributed by atoms with Gasteiger partial charge in [0.25, 0.3) is 5.69 Å². The SMILES string of the molecule is O=C(CSc1cccc2cccc(Cl)c12)N1CCN(c2ccc([N+](=O)[O-])cc2)CC1. The number of nitro groups is 1. The van der Waals surface area contributed by atoms with E-state index in [1.165, 1.54) is 23.9 Å². The van der Waals surface area contributed by atoms with E-state index in [9.17, 15) is 14.9 Å². The zero-order valence-corrected chi connectivity index (χ0v) is 17.7. The molecule has 1 heterocycles. The van der Waals surface area contributed by atoms with Crippen LogP contribution in [-0.2, 0) is 4.79 Å². The first-order valence-corrected chi connectivity index (χ1v) is 11.0. The monoisotopic (exact) mass is 441 g/mol. The smallest absolute Gasteiger partial charge is 0.269 e. The van der Waals surface area contributed by atoms with E-state index >= 15 is 0 Å². The normalized spacial score (nSPS) is 14.2. The number of piperazine rings is 1. The minimum absolute atomic E-state index is 0.0816. The summed E-state index contributed by atoms with van der Waals surface area (Å²) in [6.45, 7) is 2.67. The number of benzene rings is 3. The van der Waals surface area contributed by atoms with Crippen molar-refractivity contribution in [1.82, 2.24) is 4.90 Å². The molecule has 3 aromatic carbocycles. The zero-order valence-electron chi connectivity index (χ0n) is 16.2. The molecule has 6 nitrogen and oxygen atoms in total. The summed E-state index contributed by atoms with van der Waals surface area (Å²) < 4.78 is 0. The van der Waals surface area contributed by atoms with Crippen LogP contribution in [0.2, 0.25) is 5.02 Å². The highest BCUT2D eigenvalue weighted by atomic mass is 35.5. The van der Waals surface area contributed by atoms with Crippen molar-refractivity contribution in [3.8, 4) is 0 Å². The highest BCUT2D eigenvalue weighted by Crippen LogP contribution is 2.33. The van der Waals surface area contributed by atoms with E-state index in [-0.39, 0.29) is 11.6 Å². The second-order valence-electron chi connectivity index (χ2n) is 7.02. The Balaban J connectivity index is 1.34. The number of hydrogen-bond acceptors (Lipinski definition) is 5. The first-order chi connectivity index (χ1) is 14.5. The molecule has 8 heteroatoms. The van der Waals surface area contributed by atoms with Crippen LogP contribution in [0.15, 0.2) is 65.6 Å². The standard InChI is InChI=1S/C22H20ClN3O3S/c23-19-5-1-3-16-4-2-6-20(22(16)19)30-15-21(27)25-13-11-24(12-14-25)17-7-9-18(10-8-17)26(28)29/h1-10H,11-15H2. The van der Waals surface area contributed by atoms with E-state index in [2.05, 4.69) is 4.90 Å². The molecule has 1 aliphatic heterocycles. The summed E-state index contributed by atoms with van der Waals surface area (Å²) in [5.74, 6) is 0.467. The van der Waals surface area contributed by atoms with Crippen LogP contribution in [0, 0.1) is 10.1 Å². The number of fused-ring (bicyclic) bond motifs is 1. The van der Waals surface area contributed by atoms with Gasteiger partial charge in [-0.1, -0.05) is 35.9 Å². The summed E-state index contributed by atoms with van der Waals surface area (Å²) >= 11 is 7.89. The van der Waals surface area contributed by atoms with E-state index in [4.69, 9.17) is 11.6 Å². The number of non-ortho nitro benzene ring substituents is 1. The van der Waals surface area contributed by atoms with E-state index in [0.29, 0.717) is 37.0 Å². The second-order valence-corrected chi connectivity index (χ2v) is 8.45. The van der Waals surface area contributed by atoms with Crippen LogP contribution in [-0.4, -0.2) is 47.7 Å². The van der Waals surface area contributed by atoms with Crippen molar-refractivity contribution >= 4 is 51.4 Å². The number of nitro benzene ring substituents is 1. The fourth-order valence-electron chi connectivity index (χ4n) is 3.61. The van der Waals surface area contributed by atoms with Crippen molar-refractivity contribution in [2.24, 2.45) is 0 Å². The van der Waals surface area contributed by atoms with Crippen LogP contribution in [0.25, 0.3) is 10.8 Å². The molecule has 0 spiro atoms. The first kappa shape index (κ1) is 20.5. The molecule has 0 radical (unpaired) electrons. The number of hydrogen-bond donors (Lipinski definition) is 0. The molecule has 0 N–H and O–H groups in total. The average Bonchev–Trinajstić information content (AvgIpc) is 2.77. The van der Waals surface area contributed by atoms with Crippen LogP contribution < -0.4 is 4.90 Å². The van der Waals surface area contributed by atoms with Crippen molar-refractivity contribution in [2.45, 2.75) is 4.90 Å². The maximum atomic E-state index is 12.7. The van der Waals surface area contributed by atoms with Crippen LogP contribution in [0.4, 0.5) is 11.4 Å². The van der Waals surface area contributed by atoms with Gasteiger partial charge < -0.3 is 9.80 Å². The number of halogens is 1. The quantitative estimate of drug-likeness (QED) is 0.322. The van der Waals surface area contributed by atoms with Crippen LogP contribution in [0.5, 0.6) is 0 Å². The maximum Gasteiger partial charge on any atom is 0.269 e. The number of carbonyl (C=O) groups excluding carboxylic acids is 1. The Morgan fingerprint density at radius 1 is 1.00 bits per heavy atom. The molecule has 1 fully saturated rings. The molecule has 4 rings (SSSR count). The number of amides is 1. The Hall–Kier alpha value is -2.77. The van der Waals surface area contributed by atoms with Gasteiger partial charge in [-0.05, 0) is 29.7 Å². The number of carbonyl (C=O) groups is 1. The van der Waals surface area contributed by atoms with Gasteiger partial charge in [-0.3, -0.25) is 14.9 Å². The Labute approximate surface area is 183 Å². The third kappa shape index (κ3) is 4.37. The lowest BCUT2D eigenvalue weighted by Gasteiger charge is -2.36. The minimum Gasteiger partial charge on any atom is -0.368 e. The molecule has 0 aromatic heterocycles. The van der Waals surface area contributed by atoms with Gasteiger partial charge in [0.2, 0.25) is 5.91 Å². The maximum absolute atomic E-state index is 12.7. The molecule has 0 saturated carbocycles. The lowest BCUT2D eigenvalue weighted by Crippen LogP contribution is -2.49. The van der Waals surface area contributed by atoms with Crippen molar-refractivity contribution in [3.63, 3.8) is 0 Å². The van der Waals surface area contributed by atoms with Gasteiger partial charge in [-0.2, -0.15) is 0 Å². The Bertz CT molecular complexity index is 1080. The molecule has 1 saturated heterocycles. The lowest BCUT2D eigenvalue weighted by molar-refractivity contribution is -0.384. The van der Waals surface area contributed by atoms with Crippen LogP contribution >= 0.6 is 23.4 Å². The molecule has 3 aromatic rings. The highest BCUT2D eigenvalue weighted by molar-refractivity contribution is 8.00. The van der Waals surface area contributed by atoms with Gasteiger partial charge in [0.1, 0.15) is 0 Å². The average molecular weight is 442 g/mol. The molecular formula is C22H20ClN3O3S. The number of anilines is 1. The Morgan fingerprint density at radius 2 is 1.67 bits per heavy atom. The van der Waals surface area contributed by atoms with Crippen LogP contribution in [0.3, 0.4) is 0 Å². The first-order valence-electron chi connectivity index (χ1n) is 9.60. The van der Waals surface area contributed by atoms with Gasteiger partial charge in [0, 0.05) is 59.3 Å². The summed E-state index contributed by atoms with van der Waals surface area (Å²) in [4.78, 5) is 28.2. The molecule has 1 aliphatic rings. The number of thioether (sulfide) groups is 1. The third-order valence-corrected chi connectivity index (χ3v) is 6.58. The summed E-state index contributed by atoms with van der Waals surface area (Å²) in [6, 6.07) is 18.4. The summed E-state index contributed by atoms with van der Waals surface area (Å²) in [5, 5.41) is 13.5. The van der Waals surface area contributed by atoms with Gasteiger partial charge in [0.15, 0.2) is 0 Å². The summed E-state index contributed by atoms with van der Waals surface area (Å²) in [5.41, 5.74) is 1.02. The largest absolute Gasteiger partial charge is 0.368 e. The number of rotatable bonds is 5. The van der Waals surface area contributed by atoms with E-state index in [1.807, 2.05) is 41.3 Å². The minimum atomic E-state index is -0.402. The van der Waals surface area contributed by atoms with Gasteiger partial charge in [0.05, 0.1) is 10.7 Å². The van der Waals surface area contributed by atoms with Gasteiger partial charge in [-0.15, -0.1) is 11.8 Å². The van der Waals surface area contributed by atoms with E-state index in [0.717, 1.165) is 21.4 Å². The molecule has 1 amide bonds. The Morgan fingerprint density at radius 3 is 2.33 bits per heavy atom. The van der Waals surface area contributed by atoms with Crippen molar-refractivity contribution in [1.29, 1.82) is 0 Å². The molecule has 154 valence electrons. The summed E-state index contributed by atoms with van der Waals surface area (Å²) in [7, 11) is 0. The Kier molecular flexibility index (Phi) is 6.11. The second kappa shape index (κ2) is 8.93. The fourth-order valence-corrected chi connectivity index (χ4v) is 4.96. The van der Waals surface area contributed by atoms with Gasteiger partial charge >= 0.3 is 0 Å². The molecule has 30 heavy (non-hydrogen) atoms. The van der Waals surface area contributed by atoms with E-state index < -0.39 is 4.92 Å². The van der Waals surface area contributed by atoms with Crippen molar-refractivity contribution < 1.29 is 9.72 Å². The predicted octanol–water partition coefficient (Wildman–Crippen LogP) is 4.84. The molecule has 0 bridgehead atoms. The van der Waals surface area contributed by atoms with E-state index in [1.54, 1.807) is 12.1 Å². The fraction of sp³-hybridized carbons (Fsp3) is 0.227. The number of nitrogens with zero attached hydrogens (tertiary/aromatic N) is 3. The zero-order chi connectivity index (χ0) is 21.1. The summed E-state index contributed by atoms with van der Waals surface area (Å²) in [6.07, 6.45) is 0. The molecule has 0 aliphatic carbocycles. The van der Waals surface area contributed by atoms with Crippen molar-refractivity contribution in [2.75, 3.05) is 36.8 Å². The topological polar surface area (TPSA) is 66.7 Å². The molecule has 0 unspecified atom stereocenters.